The van der Waals surface area contributed by atoms with E-state index in [-0.39, 0.29) is 17.3 Å². The van der Waals surface area contributed by atoms with E-state index >= 15 is 0 Å². The standard InChI is InChI=1S/C29H27F3N4O3/c1-34(2)14-18-9-10-35-15-22(20-8-7-17(13-24(20)35)29(30,31)32)26-25(27(37)33-28(26)38)21-16-36(11-12-39-18)23-6-4-3-5-19(21)23/h3-8,13,15-16,18H,9-12,14H2,1-2H3,(H,33,37,38). The van der Waals surface area contributed by atoms with Gasteiger partial charge in [-0.05, 0) is 38.7 Å². The number of benzene rings is 2. The first-order valence-electron chi connectivity index (χ1n) is 12.8. The molecule has 4 aromatic rings. The molecule has 202 valence electrons. The summed E-state index contributed by atoms with van der Waals surface area (Å²) < 4.78 is 51.0. The summed E-state index contributed by atoms with van der Waals surface area (Å²) in [4.78, 5) is 28.5. The molecule has 0 fully saturated rings. The van der Waals surface area contributed by atoms with Gasteiger partial charge in [0.25, 0.3) is 11.8 Å². The number of aromatic nitrogens is 2. The van der Waals surface area contributed by atoms with Crippen molar-refractivity contribution in [3.05, 3.63) is 71.5 Å². The minimum absolute atomic E-state index is 0.165. The number of nitrogens with zero attached hydrogens (tertiary/aromatic N) is 3. The maximum Gasteiger partial charge on any atom is 0.416 e. The Labute approximate surface area is 222 Å². The topological polar surface area (TPSA) is 68.5 Å². The quantitative estimate of drug-likeness (QED) is 0.383. The number of carbonyl (C=O) groups is 2. The van der Waals surface area contributed by atoms with Crippen LogP contribution in [0.1, 0.15) is 23.1 Å². The van der Waals surface area contributed by atoms with Crippen LogP contribution in [-0.4, -0.2) is 59.2 Å². The Kier molecular flexibility index (Phi) is 6.11. The second kappa shape index (κ2) is 9.39. The number of aryl methyl sites for hydroxylation is 1. The fourth-order valence-corrected chi connectivity index (χ4v) is 5.69. The van der Waals surface area contributed by atoms with Crippen LogP contribution in [0.25, 0.3) is 33.0 Å². The lowest BCUT2D eigenvalue weighted by atomic mass is 9.95. The molecule has 0 radical (unpaired) electrons. The largest absolute Gasteiger partial charge is 0.416 e. The molecule has 1 atom stereocenters. The van der Waals surface area contributed by atoms with Crippen molar-refractivity contribution in [1.82, 2.24) is 19.4 Å². The Morgan fingerprint density at radius 2 is 1.56 bits per heavy atom. The molecule has 0 saturated carbocycles. The van der Waals surface area contributed by atoms with E-state index in [1.165, 1.54) is 6.07 Å². The van der Waals surface area contributed by atoms with E-state index in [1.807, 2.05) is 54.0 Å². The second-order valence-corrected chi connectivity index (χ2v) is 10.3. The van der Waals surface area contributed by atoms with Crippen molar-refractivity contribution in [2.24, 2.45) is 0 Å². The normalized spacial score (nSPS) is 18.7. The van der Waals surface area contributed by atoms with Crippen molar-refractivity contribution in [3.8, 4) is 0 Å². The van der Waals surface area contributed by atoms with Gasteiger partial charge in [0, 0.05) is 65.0 Å². The zero-order valence-electron chi connectivity index (χ0n) is 21.5. The minimum Gasteiger partial charge on any atom is -0.375 e. The van der Waals surface area contributed by atoms with Crippen molar-refractivity contribution in [3.63, 3.8) is 0 Å². The van der Waals surface area contributed by atoms with Crippen LogP contribution in [0.5, 0.6) is 0 Å². The van der Waals surface area contributed by atoms with Crippen molar-refractivity contribution in [1.29, 1.82) is 0 Å². The van der Waals surface area contributed by atoms with Crippen LogP contribution in [0.4, 0.5) is 13.2 Å². The van der Waals surface area contributed by atoms with Crippen LogP contribution in [0.15, 0.2) is 54.9 Å². The first-order chi connectivity index (χ1) is 18.6. The molecule has 0 spiro atoms. The monoisotopic (exact) mass is 536 g/mol. The number of imide groups is 1. The number of rotatable bonds is 2. The number of carbonyl (C=O) groups excluding carboxylic acids is 2. The first-order valence-corrected chi connectivity index (χ1v) is 12.8. The van der Waals surface area contributed by atoms with Gasteiger partial charge in [0.05, 0.1) is 29.4 Å². The lowest BCUT2D eigenvalue weighted by Crippen LogP contribution is -2.30. The van der Waals surface area contributed by atoms with Gasteiger partial charge in [0.15, 0.2) is 0 Å². The van der Waals surface area contributed by atoms with E-state index in [4.69, 9.17) is 4.74 Å². The van der Waals surface area contributed by atoms with E-state index < -0.39 is 23.6 Å². The summed E-state index contributed by atoms with van der Waals surface area (Å²) in [5, 5.41) is 3.70. The molecule has 7 nitrogen and oxygen atoms in total. The number of ether oxygens (including phenoxy) is 1. The number of amides is 2. The molecule has 1 unspecified atom stereocenters. The molecule has 10 heteroatoms. The third-order valence-electron chi connectivity index (χ3n) is 7.41. The van der Waals surface area contributed by atoms with E-state index in [0.717, 1.165) is 23.0 Å². The van der Waals surface area contributed by atoms with Crippen molar-refractivity contribution in [2.75, 3.05) is 27.2 Å². The van der Waals surface area contributed by atoms with Gasteiger partial charge in [-0.2, -0.15) is 13.2 Å². The Morgan fingerprint density at radius 3 is 2.23 bits per heavy atom. The van der Waals surface area contributed by atoms with Crippen LogP contribution in [0, 0.1) is 0 Å². The summed E-state index contributed by atoms with van der Waals surface area (Å²) >= 11 is 0. The van der Waals surface area contributed by atoms with E-state index in [9.17, 15) is 22.8 Å². The fraction of sp³-hybridized carbons (Fsp3) is 0.310. The maximum absolute atomic E-state index is 13.7. The lowest BCUT2D eigenvalue weighted by Gasteiger charge is -2.22. The molecule has 0 aliphatic carbocycles. The average Bonchev–Trinajstić information content (AvgIpc) is 3.51. The Bertz CT molecular complexity index is 1660. The predicted octanol–water partition coefficient (Wildman–Crippen LogP) is 4.53. The highest BCUT2D eigenvalue weighted by molar-refractivity contribution is 6.50. The molecular formula is C29H27F3N4O3. The summed E-state index contributed by atoms with van der Waals surface area (Å²) in [6.07, 6.45) is -0.592. The van der Waals surface area contributed by atoms with Crippen LogP contribution >= 0.6 is 0 Å². The number of halogens is 3. The predicted molar refractivity (Wildman–Crippen MR) is 142 cm³/mol. The van der Waals surface area contributed by atoms with Gasteiger partial charge in [-0.25, -0.2) is 0 Å². The Hall–Kier alpha value is -3.89. The SMILES string of the molecule is CN(C)CC1CCn2cc(c3ccc(C(F)(F)F)cc32)C2=C(C(=O)NC2=O)c2cn(c3ccccc23)CCO1. The van der Waals surface area contributed by atoms with Gasteiger partial charge in [0.1, 0.15) is 0 Å². The molecular weight excluding hydrogens is 509 g/mol. The molecule has 39 heavy (non-hydrogen) atoms. The Morgan fingerprint density at radius 1 is 0.923 bits per heavy atom. The molecule has 4 bridgehead atoms. The van der Waals surface area contributed by atoms with Crippen LogP contribution in [-0.2, 0) is 33.6 Å². The van der Waals surface area contributed by atoms with E-state index in [2.05, 4.69) is 5.32 Å². The highest BCUT2D eigenvalue weighted by atomic mass is 19.4. The summed E-state index contributed by atoms with van der Waals surface area (Å²) in [6.45, 7) is 1.96. The van der Waals surface area contributed by atoms with Crippen molar-refractivity contribution in [2.45, 2.75) is 31.8 Å². The van der Waals surface area contributed by atoms with Gasteiger partial charge < -0.3 is 18.8 Å². The number of hydrogen-bond acceptors (Lipinski definition) is 4. The summed E-state index contributed by atoms with van der Waals surface area (Å²) in [5.74, 6) is -1.09. The highest BCUT2D eigenvalue weighted by Gasteiger charge is 2.36. The Balaban J connectivity index is 1.64. The van der Waals surface area contributed by atoms with Gasteiger partial charge in [-0.1, -0.05) is 24.3 Å². The highest BCUT2D eigenvalue weighted by Crippen LogP contribution is 2.40. The lowest BCUT2D eigenvalue weighted by molar-refractivity contribution is -0.137. The van der Waals surface area contributed by atoms with E-state index in [0.29, 0.717) is 54.7 Å². The number of para-hydroxylation sites is 1. The fourth-order valence-electron chi connectivity index (χ4n) is 5.69. The maximum atomic E-state index is 13.7. The number of alkyl halides is 3. The zero-order valence-corrected chi connectivity index (χ0v) is 21.5. The van der Waals surface area contributed by atoms with Gasteiger partial charge in [-0.3, -0.25) is 14.9 Å². The van der Waals surface area contributed by atoms with Crippen LogP contribution < -0.4 is 5.32 Å². The van der Waals surface area contributed by atoms with Crippen molar-refractivity contribution < 1.29 is 27.5 Å². The molecule has 0 saturated heterocycles. The molecule has 4 heterocycles. The zero-order chi connectivity index (χ0) is 27.5. The summed E-state index contributed by atoms with van der Waals surface area (Å²) in [6, 6.07) is 11.1. The van der Waals surface area contributed by atoms with Crippen molar-refractivity contribution >= 4 is 44.8 Å². The molecule has 2 aromatic heterocycles. The van der Waals surface area contributed by atoms with Gasteiger partial charge in [0.2, 0.25) is 0 Å². The van der Waals surface area contributed by atoms with Crippen LogP contribution in [0.2, 0.25) is 0 Å². The second-order valence-electron chi connectivity index (χ2n) is 10.3. The number of hydrogen-bond donors (Lipinski definition) is 1. The molecule has 2 amide bonds. The van der Waals surface area contributed by atoms with E-state index in [1.54, 1.807) is 10.8 Å². The molecule has 2 aliphatic heterocycles. The molecule has 2 aliphatic rings. The minimum atomic E-state index is -4.52. The summed E-state index contributed by atoms with van der Waals surface area (Å²) in [7, 11) is 3.89. The average molecular weight is 537 g/mol. The molecule has 1 N–H and O–H groups in total. The number of likely N-dealkylation sites (N-methyl/N-ethyl adjacent to an activating group) is 1. The van der Waals surface area contributed by atoms with Gasteiger partial charge in [-0.15, -0.1) is 0 Å². The van der Waals surface area contributed by atoms with Crippen LogP contribution in [0.3, 0.4) is 0 Å². The smallest absolute Gasteiger partial charge is 0.375 e. The van der Waals surface area contributed by atoms with Gasteiger partial charge >= 0.3 is 6.18 Å². The first kappa shape index (κ1) is 25.4. The third-order valence-corrected chi connectivity index (χ3v) is 7.41. The number of nitrogens with one attached hydrogen (secondary N) is 1. The third kappa shape index (κ3) is 4.43. The molecule has 6 rings (SSSR count). The summed E-state index contributed by atoms with van der Waals surface area (Å²) in [5.41, 5.74) is 1.88. The number of fused-ring (bicyclic) bond motifs is 12. The molecule has 2 aromatic carbocycles.